The first kappa shape index (κ1) is 22.0. The zero-order chi connectivity index (χ0) is 21.6. The standard InChI is InChI=1S/C27H35NO3/c29-25(18-12-21-9-5-2-6-10-21)22-13-15-23(16-14-22)28-24(26(30)19-27(28)31)17-11-20-7-3-1-4-8-20/h1,3-4,7-8,13-16,21,24-26,29-30H,2,5-6,9-12,17-19H2. The summed E-state index contributed by atoms with van der Waals surface area (Å²) in [5.74, 6) is 0.730. The number of aryl methyl sites for hydroxylation is 1. The monoisotopic (exact) mass is 421 g/mol. The molecular weight excluding hydrogens is 386 g/mol. The highest BCUT2D eigenvalue weighted by Crippen LogP contribution is 2.33. The number of nitrogens with zero attached hydrogens (tertiary/aromatic N) is 1. The third-order valence-electron chi connectivity index (χ3n) is 7.13. The van der Waals surface area contributed by atoms with Crippen molar-refractivity contribution in [3.63, 3.8) is 0 Å². The van der Waals surface area contributed by atoms with Crippen LogP contribution in [0.5, 0.6) is 0 Å². The molecule has 3 unspecified atom stereocenters. The van der Waals surface area contributed by atoms with Crippen LogP contribution in [0.4, 0.5) is 5.69 Å². The summed E-state index contributed by atoms with van der Waals surface area (Å²) in [4.78, 5) is 14.4. The Morgan fingerprint density at radius 3 is 2.35 bits per heavy atom. The molecule has 0 spiro atoms. The van der Waals surface area contributed by atoms with Crippen molar-refractivity contribution in [1.82, 2.24) is 0 Å². The van der Waals surface area contributed by atoms with Crippen LogP contribution in [0.3, 0.4) is 0 Å². The molecule has 1 amide bonds. The number of amides is 1. The SMILES string of the molecule is O=C1CC(O)C(CCc2ccccc2)N1c1ccc(C(O)CCC2CCCCC2)cc1. The van der Waals surface area contributed by atoms with Crippen LogP contribution in [-0.4, -0.2) is 28.3 Å². The number of carbonyl (C=O) groups is 1. The molecule has 4 nitrogen and oxygen atoms in total. The van der Waals surface area contributed by atoms with Gasteiger partial charge in [-0.25, -0.2) is 0 Å². The number of carbonyl (C=O) groups excluding carboxylic acids is 1. The number of anilines is 1. The van der Waals surface area contributed by atoms with Crippen LogP contribution in [0.15, 0.2) is 54.6 Å². The fourth-order valence-electron chi connectivity index (χ4n) is 5.28. The Morgan fingerprint density at radius 2 is 1.65 bits per heavy atom. The zero-order valence-corrected chi connectivity index (χ0v) is 18.3. The second kappa shape index (κ2) is 10.4. The Labute approximate surface area is 185 Å². The molecule has 1 saturated heterocycles. The minimum atomic E-state index is -0.642. The maximum atomic E-state index is 12.6. The molecule has 1 aliphatic carbocycles. The molecule has 31 heavy (non-hydrogen) atoms. The van der Waals surface area contributed by atoms with Gasteiger partial charge in [-0.3, -0.25) is 4.79 Å². The Morgan fingerprint density at radius 1 is 0.935 bits per heavy atom. The topological polar surface area (TPSA) is 60.8 Å². The summed E-state index contributed by atoms with van der Waals surface area (Å²) >= 11 is 0. The first-order chi connectivity index (χ1) is 15.1. The third-order valence-corrected chi connectivity index (χ3v) is 7.13. The summed E-state index contributed by atoms with van der Waals surface area (Å²) in [7, 11) is 0. The van der Waals surface area contributed by atoms with Gasteiger partial charge in [0.15, 0.2) is 0 Å². The molecule has 3 atom stereocenters. The highest BCUT2D eigenvalue weighted by atomic mass is 16.3. The van der Waals surface area contributed by atoms with E-state index in [1.54, 1.807) is 4.90 Å². The Bertz CT molecular complexity index is 829. The second-order valence-electron chi connectivity index (χ2n) is 9.32. The number of aliphatic hydroxyl groups excluding tert-OH is 2. The number of benzene rings is 2. The van der Waals surface area contributed by atoms with Crippen LogP contribution in [0.2, 0.25) is 0 Å². The van der Waals surface area contributed by atoms with E-state index in [2.05, 4.69) is 12.1 Å². The van der Waals surface area contributed by atoms with Gasteiger partial charge < -0.3 is 15.1 Å². The van der Waals surface area contributed by atoms with Crippen molar-refractivity contribution in [2.24, 2.45) is 5.92 Å². The average Bonchev–Trinajstić information content (AvgIpc) is 3.10. The largest absolute Gasteiger partial charge is 0.390 e. The minimum absolute atomic E-state index is 0.0313. The summed E-state index contributed by atoms with van der Waals surface area (Å²) in [6.45, 7) is 0. The van der Waals surface area contributed by atoms with Crippen LogP contribution in [0, 0.1) is 5.92 Å². The lowest BCUT2D eigenvalue weighted by Gasteiger charge is -2.27. The van der Waals surface area contributed by atoms with E-state index in [1.165, 1.54) is 37.7 Å². The van der Waals surface area contributed by atoms with Gasteiger partial charge in [0.25, 0.3) is 0 Å². The van der Waals surface area contributed by atoms with E-state index in [1.807, 2.05) is 42.5 Å². The summed E-state index contributed by atoms with van der Waals surface area (Å²) in [6.07, 6.45) is 9.13. The maximum absolute atomic E-state index is 12.6. The molecule has 1 saturated carbocycles. The molecule has 2 N–H and O–H groups in total. The van der Waals surface area contributed by atoms with Crippen molar-refractivity contribution in [2.75, 3.05) is 4.90 Å². The van der Waals surface area contributed by atoms with Gasteiger partial charge in [-0.2, -0.15) is 0 Å². The van der Waals surface area contributed by atoms with Crippen LogP contribution < -0.4 is 4.90 Å². The van der Waals surface area contributed by atoms with Crippen LogP contribution in [0.25, 0.3) is 0 Å². The number of hydrogen-bond acceptors (Lipinski definition) is 3. The normalized spacial score (nSPS) is 23.3. The predicted octanol–water partition coefficient (Wildman–Crippen LogP) is 5.18. The molecule has 1 heterocycles. The maximum Gasteiger partial charge on any atom is 0.230 e. The molecule has 2 fully saturated rings. The Balaban J connectivity index is 1.38. The molecule has 1 aliphatic heterocycles. The van der Waals surface area contributed by atoms with Crippen molar-refractivity contribution < 1.29 is 15.0 Å². The molecule has 0 bridgehead atoms. The lowest BCUT2D eigenvalue weighted by atomic mass is 9.85. The zero-order valence-electron chi connectivity index (χ0n) is 18.3. The molecule has 2 aromatic rings. The summed E-state index contributed by atoms with van der Waals surface area (Å²) in [5.41, 5.74) is 2.93. The van der Waals surface area contributed by atoms with Crippen molar-refractivity contribution in [2.45, 2.75) is 82.5 Å². The highest BCUT2D eigenvalue weighted by molar-refractivity contribution is 5.97. The molecule has 4 heteroatoms. The number of rotatable bonds is 8. The van der Waals surface area contributed by atoms with E-state index in [0.717, 1.165) is 42.9 Å². The molecule has 166 valence electrons. The predicted molar refractivity (Wildman–Crippen MR) is 124 cm³/mol. The third kappa shape index (κ3) is 5.55. The fraction of sp³-hybridized carbons (Fsp3) is 0.519. The van der Waals surface area contributed by atoms with Crippen LogP contribution in [-0.2, 0) is 11.2 Å². The summed E-state index contributed by atoms with van der Waals surface area (Å²) in [5, 5.41) is 21.1. The lowest BCUT2D eigenvalue weighted by Crippen LogP contribution is -2.37. The van der Waals surface area contributed by atoms with Gasteiger partial charge in [-0.15, -0.1) is 0 Å². The first-order valence-electron chi connectivity index (χ1n) is 11.9. The van der Waals surface area contributed by atoms with Crippen molar-refractivity contribution >= 4 is 11.6 Å². The summed E-state index contributed by atoms with van der Waals surface area (Å²) < 4.78 is 0. The second-order valence-corrected chi connectivity index (χ2v) is 9.32. The van der Waals surface area contributed by atoms with Gasteiger partial charge in [0.1, 0.15) is 0 Å². The highest BCUT2D eigenvalue weighted by Gasteiger charge is 2.39. The lowest BCUT2D eigenvalue weighted by molar-refractivity contribution is -0.117. The van der Waals surface area contributed by atoms with Gasteiger partial charge in [-0.05, 0) is 54.9 Å². The molecule has 4 rings (SSSR count). The van der Waals surface area contributed by atoms with Crippen molar-refractivity contribution in [3.8, 4) is 0 Å². The van der Waals surface area contributed by atoms with E-state index in [4.69, 9.17) is 0 Å². The van der Waals surface area contributed by atoms with Crippen LogP contribution >= 0.6 is 0 Å². The fourth-order valence-corrected chi connectivity index (χ4v) is 5.28. The van der Waals surface area contributed by atoms with E-state index in [9.17, 15) is 15.0 Å². The molecular formula is C27H35NO3. The molecule has 0 aromatic heterocycles. The summed E-state index contributed by atoms with van der Waals surface area (Å²) in [6, 6.07) is 17.7. The van der Waals surface area contributed by atoms with E-state index < -0.39 is 12.2 Å². The van der Waals surface area contributed by atoms with Gasteiger partial charge >= 0.3 is 0 Å². The first-order valence-corrected chi connectivity index (χ1v) is 11.9. The van der Waals surface area contributed by atoms with E-state index in [-0.39, 0.29) is 18.4 Å². The quantitative estimate of drug-likeness (QED) is 0.617. The minimum Gasteiger partial charge on any atom is -0.390 e. The smallest absolute Gasteiger partial charge is 0.230 e. The van der Waals surface area contributed by atoms with Gasteiger partial charge in [0, 0.05) is 5.69 Å². The van der Waals surface area contributed by atoms with E-state index in [0.29, 0.717) is 0 Å². The number of hydrogen-bond donors (Lipinski definition) is 2. The van der Waals surface area contributed by atoms with E-state index >= 15 is 0 Å². The Kier molecular flexibility index (Phi) is 7.41. The molecule has 2 aromatic carbocycles. The van der Waals surface area contributed by atoms with Crippen molar-refractivity contribution in [3.05, 3.63) is 65.7 Å². The van der Waals surface area contributed by atoms with Gasteiger partial charge in [-0.1, -0.05) is 74.6 Å². The van der Waals surface area contributed by atoms with Gasteiger partial charge in [0.05, 0.1) is 24.7 Å². The molecule has 2 aliphatic rings. The number of aliphatic hydroxyl groups is 2. The van der Waals surface area contributed by atoms with Gasteiger partial charge in [0.2, 0.25) is 5.91 Å². The van der Waals surface area contributed by atoms with Crippen LogP contribution in [0.1, 0.15) is 75.0 Å². The Hall–Kier alpha value is -2.17. The molecule has 0 radical (unpaired) electrons. The average molecular weight is 422 g/mol. The van der Waals surface area contributed by atoms with Crippen molar-refractivity contribution in [1.29, 1.82) is 0 Å².